The van der Waals surface area contributed by atoms with E-state index in [0.717, 1.165) is 17.9 Å². The SMILES string of the molecule is CCCNC(=O)N(C)c1cccc(OC)c1. The lowest BCUT2D eigenvalue weighted by Crippen LogP contribution is -2.37. The van der Waals surface area contributed by atoms with Gasteiger partial charge in [-0.2, -0.15) is 0 Å². The molecule has 0 unspecified atom stereocenters. The van der Waals surface area contributed by atoms with Gasteiger partial charge in [-0.1, -0.05) is 13.0 Å². The Morgan fingerprint density at radius 3 is 2.88 bits per heavy atom. The number of nitrogens with one attached hydrogen (secondary N) is 1. The highest BCUT2D eigenvalue weighted by atomic mass is 16.5. The van der Waals surface area contributed by atoms with Crippen LogP contribution in [0.15, 0.2) is 24.3 Å². The van der Waals surface area contributed by atoms with Crippen molar-refractivity contribution in [3.63, 3.8) is 0 Å². The van der Waals surface area contributed by atoms with Crippen molar-refractivity contribution in [2.24, 2.45) is 0 Å². The minimum atomic E-state index is -0.102. The molecule has 1 aromatic rings. The highest BCUT2D eigenvalue weighted by Gasteiger charge is 2.09. The molecule has 0 spiro atoms. The molecule has 16 heavy (non-hydrogen) atoms. The van der Waals surface area contributed by atoms with Crippen LogP contribution in [0.1, 0.15) is 13.3 Å². The van der Waals surface area contributed by atoms with E-state index in [1.54, 1.807) is 19.1 Å². The third kappa shape index (κ3) is 3.15. The van der Waals surface area contributed by atoms with Crippen LogP contribution in [0.25, 0.3) is 0 Å². The van der Waals surface area contributed by atoms with Crippen LogP contribution in [-0.4, -0.2) is 26.7 Å². The summed E-state index contributed by atoms with van der Waals surface area (Å²) >= 11 is 0. The van der Waals surface area contributed by atoms with Crippen LogP contribution in [-0.2, 0) is 0 Å². The van der Waals surface area contributed by atoms with Crippen LogP contribution in [0.2, 0.25) is 0 Å². The average molecular weight is 222 g/mol. The van der Waals surface area contributed by atoms with E-state index in [0.29, 0.717) is 6.54 Å². The maximum absolute atomic E-state index is 11.7. The van der Waals surface area contributed by atoms with Gasteiger partial charge >= 0.3 is 6.03 Å². The Labute approximate surface area is 96.2 Å². The van der Waals surface area contributed by atoms with Gasteiger partial charge in [0.15, 0.2) is 0 Å². The van der Waals surface area contributed by atoms with E-state index in [2.05, 4.69) is 5.32 Å². The molecule has 1 aromatic carbocycles. The van der Waals surface area contributed by atoms with E-state index in [9.17, 15) is 4.79 Å². The summed E-state index contributed by atoms with van der Waals surface area (Å²) in [6.45, 7) is 2.71. The Morgan fingerprint density at radius 1 is 1.50 bits per heavy atom. The number of benzene rings is 1. The second-order valence-electron chi connectivity index (χ2n) is 3.49. The standard InChI is InChI=1S/C12H18N2O2/c1-4-8-13-12(15)14(2)10-6-5-7-11(9-10)16-3/h5-7,9H,4,8H2,1-3H3,(H,13,15). The quantitative estimate of drug-likeness (QED) is 0.849. The number of urea groups is 1. The summed E-state index contributed by atoms with van der Waals surface area (Å²) < 4.78 is 5.11. The Balaban J connectivity index is 2.71. The lowest BCUT2D eigenvalue weighted by Gasteiger charge is -2.18. The molecule has 0 aliphatic rings. The third-order valence-corrected chi connectivity index (χ3v) is 2.27. The van der Waals surface area contributed by atoms with Crippen molar-refractivity contribution in [3.05, 3.63) is 24.3 Å². The van der Waals surface area contributed by atoms with Crippen molar-refractivity contribution in [2.75, 3.05) is 25.6 Å². The van der Waals surface area contributed by atoms with Gasteiger partial charge in [0.2, 0.25) is 0 Å². The molecular formula is C12H18N2O2. The molecule has 0 saturated heterocycles. The topological polar surface area (TPSA) is 41.6 Å². The summed E-state index contributed by atoms with van der Waals surface area (Å²) in [5.74, 6) is 0.743. The molecule has 4 heteroatoms. The fourth-order valence-corrected chi connectivity index (χ4v) is 1.29. The predicted octanol–water partition coefficient (Wildman–Crippen LogP) is 2.25. The van der Waals surface area contributed by atoms with Crippen molar-refractivity contribution in [1.82, 2.24) is 5.32 Å². The van der Waals surface area contributed by atoms with Gasteiger partial charge in [-0.25, -0.2) is 4.79 Å². The molecule has 0 heterocycles. The lowest BCUT2D eigenvalue weighted by atomic mass is 10.3. The van der Waals surface area contributed by atoms with Crippen LogP contribution >= 0.6 is 0 Å². The normalized spacial score (nSPS) is 9.69. The number of hydrogen-bond acceptors (Lipinski definition) is 2. The van der Waals surface area contributed by atoms with Crippen molar-refractivity contribution in [3.8, 4) is 5.75 Å². The first-order chi connectivity index (χ1) is 7.69. The maximum Gasteiger partial charge on any atom is 0.321 e. The zero-order valence-corrected chi connectivity index (χ0v) is 9.99. The van der Waals surface area contributed by atoms with Gasteiger partial charge in [-0.3, -0.25) is 4.90 Å². The fraction of sp³-hybridized carbons (Fsp3) is 0.417. The number of hydrogen-bond donors (Lipinski definition) is 1. The zero-order chi connectivity index (χ0) is 12.0. The molecule has 2 amide bonds. The first kappa shape index (κ1) is 12.4. The van der Waals surface area contributed by atoms with Crippen molar-refractivity contribution >= 4 is 11.7 Å². The minimum Gasteiger partial charge on any atom is -0.497 e. The predicted molar refractivity (Wildman–Crippen MR) is 65.1 cm³/mol. The van der Waals surface area contributed by atoms with Crippen molar-refractivity contribution in [2.45, 2.75) is 13.3 Å². The number of rotatable bonds is 4. The van der Waals surface area contributed by atoms with Gasteiger partial charge in [-0.15, -0.1) is 0 Å². The number of methoxy groups -OCH3 is 1. The number of carbonyl (C=O) groups excluding carboxylic acids is 1. The van der Waals surface area contributed by atoms with Crippen LogP contribution < -0.4 is 15.0 Å². The number of anilines is 1. The Morgan fingerprint density at radius 2 is 2.25 bits per heavy atom. The molecule has 0 aliphatic heterocycles. The molecular weight excluding hydrogens is 204 g/mol. The molecule has 4 nitrogen and oxygen atoms in total. The second kappa shape index (κ2) is 6.00. The first-order valence-corrected chi connectivity index (χ1v) is 5.34. The van der Waals surface area contributed by atoms with Crippen LogP contribution in [0, 0.1) is 0 Å². The number of ether oxygens (including phenoxy) is 1. The molecule has 0 aromatic heterocycles. The molecule has 88 valence electrons. The molecule has 1 N–H and O–H groups in total. The summed E-state index contributed by atoms with van der Waals surface area (Å²) in [7, 11) is 3.34. The zero-order valence-electron chi connectivity index (χ0n) is 9.99. The highest BCUT2D eigenvalue weighted by molar-refractivity contribution is 5.91. The summed E-state index contributed by atoms with van der Waals surface area (Å²) in [6.07, 6.45) is 0.928. The fourth-order valence-electron chi connectivity index (χ4n) is 1.29. The molecule has 0 bridgehead atoms. The van der Waals surface area contributed by atoms with E-state index < -0.39 is 0 Å². The molecule has 0 atom stereocenters. The number of nitrogens with zero attached hydrogens (tertiary/aromatic N) is 1. The highest BCUT2D eigenvalue weighted by Crippen LogP contribution is 2.19. The van der Waals surface area contributed by atoms with Gasteiger partial charge in [0.05, 0.1) is 7.11 Å². The average Bonchev–Trinajstić information content (AvgIpc) is 2.35. The molecule has 0 aliphatic carbocycles. The summed E-state index contributed by atoms with van der Waals surface area (Å²) in [4.78, 5) is 13.2. The van der Waals surface area contributed by atoms with E-state index >= 15 is 0 Å². The molecule has 0 radical (unpaired) electrons. The van der Waals surface area contributed by atoms with E-state index in [4.69, 9.17) is 4.74 Å². The maximum atomic E-state index is 11.7. The second-order valence-corrected chi connectivity index (χ2v) is 3.49. The smallest absolute Gasteiger partial charge is 0.321 e. The van der Waals surface area contributed by atoms with E-state index in [1.165, 1.54) is 0 Å². The Kier molecular flexibility index (Phi) is 4.64. The van der Waals surface area contributed by atoms with Crippen LogP contribution in [0.4, 0.5) is 10.5 Å². The summed E-state index contributed by atoms with van der Waals surface area (Å²) in [5.41, 5.74) is 0.813. The largest absolute Gasteiger partial charge is 0.497 e. The Hall–Kier alpha value is -1.71. The number of carbonyl (C=O) groups is 1. The summed E-state index contributed by atoms with van der Waals surface area (Å²) in [6, 6.07) is 7.30. The van der Waals surface area contributed by atoms with Crippen molar-refractivity contribution < 1.29 is 9.53 Å². The van der Waals surface area contributed by atoms with Crippen LogP contribution in [0.3, 0.4) is 0 Å². The van der Waals surface area contributed by atoms with Crippen molar-refractivity contribution in [1.29, 1.82) is 0 Å². The minimum absolute atomic E-state index is 0.102. The first-order valence-electron chi connectivity index (χ1n) is 5.34. The Bertz CT molecular complexity index is 353. The van der Waals surface area contributed by atoms with Gasteiger partial charge in [0.1, 0.15) is 5.75 Å². The third-order valence-electron chi connectivity index (χ3n) is 2.27. The van der Waals surface area contributed by atoms with Gasteiger partial charge in [0, 0.05) is 25.3 Å². The molecule has 1 rings (SSSR count). The lowest BCUT2D eigenvalue weighted by molar-refractivity contribution is 0.247. The molecule has 0 saturated carbocycles. The van der Waals surface area contributed by atoms with E-state index in [-0.39, 0.29) is 6.03 Å². The summed E-state index contributed by atoms with van der Waals surface area (Å²) in [5, 5.41) is 2.81. The monoisotopic (exact) mass is 222 g/mol. The van der Waals surface area contributed by atoms with Gasteiger partial charge in [-0.05, 0) is 18.6 Å². The van der Waals surface area contributed by atoms with E-state index in [1.807, 2.05) is 31.2 Å². The van der Waals surface area contributed by atoms with Gasteiger partial charge in [0.25, 0.3) is 0 Å². The number of amides is 2. The molecule has 0 fully saturated rings. The van der Waals surface area contributed by atoms with Crippen LogP contribution in [0.5, 0.6) is 5.75 Å². The van der Waals surface area contributed by atoms with Gasteiger partial charge < -0.3 is 10.1 Å².